The molecule has 2 aromatic heterocycles. The molecule has 88 valence electrons. The van der Waals surface area contributed by atoms with E-state index >= 15 is 0 Å². The molecule has 0 spiro atoms. The Balaban J connectivity index is 1.89. The summed E-state index contributed by atoms with van der Waals surface area (Å²) in [6.45, 7) is 3.23. The maximum atomic E-state index is 12.2. The first-order valence-electron chi connectivity index (χ1n) is 5.78. The van der Waals surface area contributed by atoms with Gasteiger partial charge in [0.1, 0.15) is 11.3 Å². The molecular formula is C12H14N4O. The van der Waals surface area contributed by atoms with Gasteiger partial charge < -0.3 is 14.6 Å². The molecule has 0 aromatic carbocycles. The lowest BCUT2D eigenvalue weighted by atomic mass is 10.3. The Labute approximate surface area is 99.1 Å². The number of nitrogens with zero attached hydrogens (tertiary/aromatic N) is 3. The fourth-order valence-corrected chi connectivity index (χ4v) is 2.07. The first-order valence-corrected chi connectivity index (χ1v) is 5.78. The monoisotopic (exact) mass is 230 g/mol. The van der Waals surface area contributed by atoms with E-state index in [0.717, 1.165) is 31.8 Å². The van der Waals surface area contributed by atoms with Crippen LogP contribution in [0, 0.1) is 0 Å². The normalized spacial score (nSPS) is 16.4. The summed E-state index contributed by atoms with van der Waals surface area (Å²) in [5.41, 5.74) is 1.34. The Morgan fingerprint density at radius 1 is 1.29 bits per heavy atom. The zero-order valence-corrected chi connectivity index (χ0v) is 9.47. The van der Waals surface area contributed by atoms with Crippen molar-refractivity contribution in [3.63, 3.8) is 0 Å². The third-order valence-corrected chi connectivity index (χ3v) is 2.99. The number of hydrogen-bond acceptors (Lipinski definition) is 3. The van der Waals surface area contributed by atoms with Gasteiger partial charge >= 0.3 is 0 Å². The molecule has 5 nitrogen and oxygen atoms in total. The van der Waals surface area contributed by atoms with Gasteiger partial charge in [-0.3, -0.25) is 4.79 Å². The van der Waals surface area contributed by atoms with Crippen LogP contribution in [0.15, 0.2) is 30.6 Å². The van der Waals surface area contributed by atoms with E-state index in [9.17, 15) is 4.79 Å². The number of aromatic nitrogens is 2. The van der Waals surface area contributed by atoms with Crippen molar-refractivity contribution in [3.05, 3.63) is 36.3 Å². The quantitative estimate of drug-likeness (QED) is 0.770. The number of rotatable bonds is 1. The van der Waals surface area contributed by atoms with Gasteiger partial charge in [-0.1, -0.05) is 6.07 Å². The number of fused-ring (bicyclic) bond motifs is 1. The van der Waals surface area contributed by atoms with Crippen LogP contribution in [0.25, 0.3) is 5.65 Å². The fraction of sp³-hybridized carbons (Fsp3) is 0.333. The molecule has 1 fully saturated rings. The first kappa shape index (κ1) is 10.3. The van der Waals surface area contributed by atoms with E-state index in [0.29, 0.717) is 5.69 Å². The van der Waals surface area contributed by atoms with Gasteiger partial charge in [0.15, 0.2) is 0 Å². The Morgan fingerprint density at radius 3 is 2.88 bits per heavy atom. The van der Waals surface area contributed by atoms with Crippen LogP contribution in [0.1, 0.15) is 10.5 Å². The van der Waals surface area contributed by atoms with Crippen LogP contribution < -0.4 is 5.32 Å². The van der Waals surface area contributed by atoms with Crippen molar-refractivity contribution in [1.82, 2.24) is 19.6 Å². The highest BCUT2D eigenvalue weighted by atomic mass is 16.2. The van der Waals surface area contributed by atoms with Gasteiger partial charge in [0.2, 0.25) is 0 Å². The third kappa shape index (κ3) is 1.89. The molecule has 5 heteroatoms. The van der Waals surface area contributed by atoms with Gasteiger partial charge in [-0.05, 0) is 12.1 Å². The van der Waals surface area contributed by atoms with Gasteiger partial charge in [0.25, 0.3) is 5.91 Å². The van der Waals surface area contributed by atoms with E-state index < -0.39 is 0 Å². The van der Waals surface area contributed by atoms with Crippen LogP contribution in [0.3, 0.4) is 0 Å². The second-order valence-corrected chi connectivity index (χ2v) is 4.13. The largest absolute Gasteiger partial charge is 0.335 e. The molecular weight excluding hydrogens is 216 g/mol. The Bertz CT molecular complexity index is 509. The van der Waals surface area contributed by atoms with Crippen molar-refractivity contribution in [1.29, 1.82) is 0 Å². The molecule has 1 aliphatic heterocycles. The minimum atomic E-state index is 0.0233. The zero-order chi connectivity index (χ0) is 11.7. The molecule has 0 radical (unpaired) electrons. The molecule has 0 aliphatic carbocycles. The second-order valence-electron chi connectivity index (χ2n) is 4.13. The molecule has 0 saturated carbocycles. The molecule has 3 rings (SSSR count). The summed E-state index contributed by atoms with van der Waals surface area (Å²) in [5.74, 6) is 0.0233. The SMILES string of the molecule is O=C(c1cn2ccccc2n1)N1CCNCC1. The van der Waals surface area contributed by atoms with Gasteiger partial charge in [-0.25, -0.2) is 4.98 Å². The molecule has 3 heterocycles. The predicted molar refractivity (Wildman–Crippen MR) is 64.0 cm³/mol. The molecule has 0 unspecified atom stereocenters. The van der Waals surface area contributed by atoms with E-state index in [4.69, 9.17) is 0 Å². The molecule has 0 atom stereocenters. The van der Waals surface area contributed by atoms with Gasteiger partial charge in [-0.2, -0.15) is 0 Å². The van der Waals surface area contributed by atoms with Crippen molar-refractivity contribution in [2.75, 3.05) is 26.2 Å². The number of pyridine rings is 1. The number of hydrogen-bond donors (Lipinski definition) is 1. The van der Waals surface area contributed by atoms with Crippen LogP contribution in [0.5, 0.6) is 0 Å². The molecule has 1 N–H and O–H groups in total. The molecule has 1 saturated heterocycles. The van der Waals surface area contributed by atoms with Crippen molar-refractivity contribution in [3.8, 4) is 0 Å². The smallest absolute Gasteiger partial charge is 0.274 e. The summed E-state index contributed by atoms with van der Waals surface area (Å²) in [4.78, 5) is 18.4. The summed E-state index contributed by atoms with van der Waals surface area (Å²) in [7, 11) is 0. The average molecular weight is 230 g/mol. The lowest BCUT2D eigenvalue weighted by Gasteiger charge is -2.26. The van der Waals surface area contributed by atoms with E-state index in [1.165, 1.54) is 0 Å². The lowest BCUT2D eigenvalue weighted by Crippen LogP contribution is -2.46. The van der Waals surface area contributed by atoms with Crippen LogP contribution in [-0.2, 0) is 0 Å². The summed E-state index contributed by atoms with van der Waals surface area (Å²) in [6.07, 6.45) is 3.69. The van der Waals surface area contributed by atoms with Crippen molar-refractivity contribution in [2.45, 2.75) is 0 Å². The predicted octanol–water partition coefficient (Wildman–Crippen LogP) is 0.380. The minimum Gasteiger partial charge on any atom is -0.335 e. The average Bonchev–Trinajstić information content (AvgIpc) is 2.82. The van der Waals surface area contributed by atoms with Crippen molar-refractivity contribution in [2.24, 2.45) is 0 Å². The van der Waals surface area contributed by atoms with Crippen LogP contribution in [-0.4, -0.2) is 46.4 Å². The Hall–Kier alpha value is -1.88. The topological polar surface area (TPSA) is 49.6 Å². The van der Waals surface area contributed by atoms with E-state index in [-0.39, 0.29) is 5.91 Å². The number of piperazine rings is 1. The third-order valence-electron chi connectivity index (χ3n) is 2.99. The summed E-state index contributed by atoms with van der Waals surface area (Å²) >= 11 is 0. The van der Waals surface area contributed by atoms with Crippen LogP contribution in [0.4, 0.5) is 0 Å². The van der Waals surface area contributed by atoms with Gasteiger partial charge in [0, 0.05) is 38.6 Å². The van der Waals surface area contributed by atoms with Crippen LogP contribution >= 0.6 is 0 Å². The standard InChI is InChI=1S/C12H14N4O/c17-12(15-7-4-13-5-8-15)10-9-16-6-2-1-3-11(16)14-10/h1-3,6,9,13H,4-5,7-8H2. The van der Waals surface area contributed by atoms with Gasteiger partial charge in [-0.15, -0.1) is 0 Å². The number of imidazole rings is 1. The first-order chi connectivity index (χ1) is 8.34. The second kappa shape index (κ2) is 4.18. The van der Waals surface area contributed by atoms with E-state index in [2.05, 4.69) is 10.3 Å². The number of nitrogens with one attached hydrogen (secondary N) is 1. The zero-order valence-electron chi connectivity index (χ0n) is 9.47. The van der Waals surface area contributed by atoms with Crippen molar-refractivity contribution >= 4 is 11.6 Å². The number of carbonyl (C=O) groups excluding carboxylic acids is 1. The maximum Gasteiger partial charge on any atom is 0.274 e. The summed E-state index contributed by atoms with van der Waals surface area (Å²) < 4.78 is 1.87. The van der Waals surface area contributed by atoms with E-state index in [1.807, 2.05) is 33.7 Å². The van der Waals surface area contributed by atoms with Crippen molar-refractivity contribution < 1.29 is 4.79 Å². The molecule has 0 bridgehead atoms. The Kier molecular flexibility index (Phi) is 2.53. The molecule has 2 aromatic rings. The molecule has 17 heavy (non-hydrogen) atoms. The summed E-state index contributed by atoms with van der Waals surface area (Å²) in [6, 6.07) is 5.74. The number of amides is 1. The summed E-state index contributed by atoms with van der Waals surface area (Å²) in [5, 5.41) is 3.23. The molecule has 1 aliphatic rings. The van der Waals surface area contributed by atoms with E-state index in [1.54, 1.807) is 6.20 Å². The highest BCUT2D eigenvalue weighted by molar-refractivity contribution is 5.93. The van der Waals surface area contributed by atoms with Gasteiger partial charge in [0.05, 0.1) is 0 Å². The maximum absolute atomic E-state index is 12.2. The molecule has 1 amide bonds. The highest BCUT2D eigenvalue weighted by Crippen LogP contribution is 2.08. The lowest BCUT2D eigenvalue weighted by molar-refractivity contribution is 0.0730. The highest BCUT2D eigenvalue weighted by Gasteiger charge is 2.20. The fourth-order valence-electron chi connectivity index (χ4n) is 2.07. The Morgan fingerprint density at radius 2 is 2.12 bits per heavy atom. The minimum absolute atomic E-state index is 0.0233. The number of carbonyl (C=O) groups is 1. The van der Waals surface area contributed by atoms with Crippen LogP contribution in [0.2, 0.25) is 0 Å².